The molecule has 0 aromatic rings. The molecule has 0 aliphatic heterocycles. The number of hydrogen-bond donors (Lipinski definition) is 2. The molecule has 0 spiro atoms. The van der Waals surface area contributed by atoms with Gasteiger partial charge in [-0.2, -0.15) is 0 Å². The van der Waals surface area contributed by atoms with Gasteiger partial charge in [0.05, 0.1) is 12.7 Å². The first-order chi connectivity index (χ1) is 8.81. The molecule has 0 aromatic carbocycles. The van der Waals surface area contributed by atoms with Crippen LogP contribution < -0.4 is 5.32 Å². The molecule has 0 saturated heterocycles. The standard InChI is InChI=1S/C15H29NO2/c1-2-12-4-3-5-15(10-12)18-9-8-14(11-17)16-13-6-7-13/h12-17H,2-11H2,1H3. The molecule has 0 bridgehead atoms. The summed E-state index contributed by atoms with van der Waals surface area (Å²) in [4.78, 5) is 0. The summed E-state index contributed by atoms with van der Waals surface area (Å²) in [7, 11) is 0. The summed E-state index contributed by atoms with van der Waals surface area (Å²) in [6.07, 6.45) is 10.5. The Kier molecular flexibility index (Phi) is 5.93. The lowest BCUT2D eigenvalue weighted by Crippen LogP contribution is -2.35. The summed E-state index contributed by atoms with van der Waals surface area (Å²) in [5.74, 6) is 0.877. The van der Waals surface area contributed by atoms with E-state index in [-0.39, 0.29) is 12.6 Å². The average molecular weight is 255 g/mol. The van der Waals surface area contributed by atoms with Gasteiger partial charge in [0.2, 0.25) is 0 Å². The summed E-state index contributed by atoms with van der Waals surface area (Å²) < 4.78 is 6.00. The molecule has 0 radical (unpaired) electrons. The molecule has 2 N–H and O–H groups in total. The summed E-state index contributed by atoms with van der Waals surface area (Å²) in [6.45, 7) is 3.32. The zero-order chi connectivity index (χ0) is 12.8. The number of aliphatic hydroxyl groups excluding tert-OH is 1. The Bertz CT molecular complexity index is 231. The predicted molar refractivity (Wildman–Crippen MR) is 73.6 cm³/mol. The third-order valence-corrected chi connectivity index (χ3v) is 4.40. The molecule has 2 rings (SSSR count). The number of rotatable bonds is 8. The van der Waals surface area contributed by atoms with Gasteiger partial charge in [0, 0.05) is 18.7 Å². The molecule has 2 fully saturated rings. The molecule has 18 heavy (non-hydrogen) atoms. The van der Waals surface area contributed by atoms with E-state index in [1.54, 1.807) is 0 Å². The molecular weight excluding hydrogens is 226 g/mol. The van der Waals surface area contributed by atoms with Gasteiger partial charge in [0.15, 0.2) is 0 Å². The second-order valence-electron chi connectivity index (χ2n) is 6.04. The molecule has 0 heterocycles. The van der Waals surface area contributed by atoms with Crippen LogP contribution in [0.3, 0.4) is 0 Å². The maximum Gasteiger partial charge on any atom is 0.0585 e. The van der Waals surface area contributed by atoms with Crippen LogP contribution in [0.25, 0.3) is 0 Å². The van der Waals surface area contributed by atoms with Gasteiger partial charge in [-0.15, -0.1) is 0 Å². The normalized spacial score (nSPS) is 30.3. The maximum atomic E-state index is 9.30. The summed E-state index contributed by atoms with van der Waals surface area (Å²) in [6, 6.07) is 0.907. The zero-order valence-corrected chi connectivity index (χ0v) is 11.7. The molecule has 0 aromatic heterocycles. The summed E-state index contributed by atoms with van der Waals surface area (Å²) in [5, 5.41) is 12.8. The molecule has 3 heteroatoms. The lowest BCUT2D eigenvalue weighted by molar-refractivity contribution is 0.00608. The topological polar surface area (TPSA) is 41.5 Å². The van der Waals surface area contributed by atoms with Gasteiger partial charge >= 0.3 is 0 Å². The van der Waals surface area contributed by atoms with Crippen molar-refractivity contribution in [2.24, 2.45) is 5.92 Å². The van der Waals surface area contributed by atoms with Crippen LogP contribution in [0.1, 0.15) is 58.3 Å². The molecular formula is C15H29NO2. The first-order valence-corrected chi connectivity index (χ1v) is 7.80. The molecule has 0 amide bonds. The van der Waals surface area contributed by atoms with Gasteiger partial charge < -0.3 is 15.2 Å². The Morgan fingerprint density at radius 2 is 2.11 bits per heavy atom. The van der Waals surface area contributed by atoms with E-state index in [9.17, 15) is 5.11 Å². The van der Waals surface area contributed by atoms with Crippen molar-refractivity contribution in [1.29, 1.82) is 0 Å². The fourth-order valence-corrected chi connectivity index (χ4v) is 2.95. The highest BCUT2D eigenvalue weighted by molar-refractivity contribution is 4.84. The molecule has 2 aliphatic carbocycles. The third-order valence-electron chi connectivity index (χ3n) is 4.40. The minimum atomic E-state index is 0.238. The first kappa shape index (κ1) is 14.3. The van der Waals surface area contributed by atoms with Crippen molar-refractivity contribution in [2.75, 3.05) is 13.2 Å². The van der Waals surface area contributed by atoms with Crippen molar-refractivity contribution in [1.82, 2.24) is 5.32 Å². The number of ether oxygens (including phenoxy) is 1. The number of aliphatic hydroxyl groups is 1. The molecule has 3 unspecified atom stereocenters. The fourth-order valence-electron chi connectivity index (χ4n) is 2.95. The zero-order valence-electron chi connectivity index (χ0n) is 11.7. The SMILES string of the molecule is CCC1CCCC(OCCC(CO)NC2CC2)C1. The minimum absolute atomic E-state index is 0.238. The highest BCUT2D eigenvalue weighted by Crippen LogP contribution is 2.28. The van der Waals surface area contributed by atoms with E-state index in [0.717, 1.165) is 18.9 Å². The Morgan fingerprint density at radius 3 is 2.78 bits per heavy atom. The van der Waals surface area contributed by atoms with Gasteiger partial charge in [-0.3, -0.25) is 0 Å². The van der Waals surface area contributed by atoms with Gasteiger partial charge in [0.1, 0.15) is 0 Å². The largest absolute Gasteiger partial charge is 0.395 e. The second-order valence-corrected chi connectivity index (χ2v) is 6.04. The fraction of sp³-hybridized carbons (Fsp3) is 1.00. The van der Waals surface area contributed by atoms with E-state index in [2.05, 4.69) is 12.2 Å². The van der Waals surface area contributed by atoms with Gasteiger partial charge in [-0.25, -0.2) is 0 Å². The van der Waals surface area contributed by atoms with E-state index >= 15 is 0 Å². The molecule has 2 aliphatic rings. The highest BCUT2D eigenvalue weighted by atomic mass is 16.5. The Labute approximate surface area is 111 Å². The van der Waals surface area contributed by atoms with Crippen LogP contribution in [0.4, 0.5) is 0 Å². The van der Waals surface area contributed by atoms with Gasteiger partial charge in [0.25, 0.3) is 0 Å². The third kappa shape index (κ3) is 4.87. The van der Waals surface area contributed by atoms with Crippen molar-refractivity contribution < 1.29 is 9.84 Å². The number of nitrogens with one attached hydrogen (secondary N) is 1. The van der Waals surface area contributed by atoms with Gasteiger partial charge in [-0.05, 0) is 38.0 Å². The van der Waals surface area contributed by atoms with E-state index in [4.69, 9.17) is 4.74 Å². The maximum absolute atomic E-state index is 9.30. The van der Waals surface area contributed by atoms with Crippen molar-refractivity contribution in [2.45, 2.75) is 76.5 Å². The quantitative estimate of drug-likeness (QED) is 0.700. The summed E-state index contributed by atoms with van der Waals surface area (Å²) >= 11 is 0. The second kappa shape index (κ2) is 7.46. The first-order valence-electron chi connectivity index (χ1n) is 7.80. The van der Waals surface area contributed by atoms with E-state index < -0.39 is 0 Å². The van der Waals surface area contributed by atoms with Crippen molar-refractivity contribution in [3.63, 3.8) is 0 Å². The monoisotopic (exact) mass is 255 g/mol. The Balaban J connectivity index is 1.58. The van der Waals surface area contributed by atoms with E-state index in [0.29, 0.717) is 12.1 Å². The number of hydrogen-bond acceptors (Lipinski definition) is 3. The Morgan fingerprint density at radius 1 is 1.28 bits per heavy atom. The van der Waals surface area contributed by atoms with Crippen molar-refractivity contribution >= 4 is 0 Å². The summed E-state index contributed by atoms with van der Waals surface area (Å²) in [5.41, 5.74) is 0. The molecule has 3 nitrogen and oxygen atoms in total. The van der Waals surface area contributed by atoms with Crippen LogP contribution in [0, 0.1) is 5.92 Å². The van der Waals surface area contributed by atoms with Gasteiger partial charge in [-0.1, -0.05) is 26.2 Å². The van der Waals surface area contributed by atoms with Crippen LogP contribution in [0.15, 0.2) is 0 Å². The van der Waals surface area contributed by atoms with Crippen molar-refractivity contribution in [3.8, 4) is 0 Å². The van der Waals surface area contributed by atoms with E-state index in [1.165, 1.54) is 44.9 Å². The smallest absolute Gasteiger partial charge is 0.0585 e. The molecule has 106 valence electrons. The van der Waals surface area contributed by atoms with E-state index in [1.807, 2.05) is 0 Å². The lowest BCUT2D eigenvalue weighted by Gasteiger charge is -2.29. The van der Waals surface area contributed by atoms with Crippen LogP contribution in [0.5, 0.6) is 0 Å². The van der Waals surface area contributed by atoms with Crippen LogP contribution in [-0.4, -0.2) is 36.5 Å². The van der Waals surface area contributed by atoms with Crippen LogP contribution in [-0.2, 0) is 4.74 Å². The van der Waals surface area contributed by atoms with Crippen molar-refractivity contribution in [3.05, 3.63) is 0 Å². The lowest BCUT2D eigenvalue weighted by atomic mass is 9.85. The molecule has 2 saturated carbocycles. The highest BCUT2D eigenvalue weighted by Gasteiger charge is 2.25. The average Bonchev–Trinajstić information content (AvgIpc) is 3.22. The minimum Gasteiger partial charge on any atom is -0.395 e. The predicted octanol–water partition coefficient (Wildman–Crippen LogP) is 2.47. The Hall–Kier alpha value is -0.120. The van der Waals surface area contributed by atoms with Crippen LogP contribution >= 0.6 is 0 Å². The molecule has 3 atom stereocenters. The van der Waals surface area contributed by atoms with Crippen LogP contribution in [0.2, 0.25) is 0 Å².